The van der Waals surface area contributed by atoms with Crippen molar-refractivity contribution in [3.8, 4) is 5.75 Å². The maximum absolute atomic E-state index is 13.3. The van der Waals surface area contributed by atoms with E-state index in [0.29, 0.717) is 23.0 Å². The van der Waals surface area contributed by atoms with Gasteiger partial charge in [-0.25, -0.2) is 8.78 Å². The molecule has 0 aromatic heterocycles. The number of hydrogen-bond donors (Lipinski definition) is 0. The predicted octanol–water partition coefficient (Wildman–Crippen LogP) is 4.58. The van der Waals surface area contributed by atoms with Crippen LogP contribution >= 0.6 is 15.9 Å². The normalized spacial score (nSPS) is 19.5. The molecule has 118 valence electrons. The van der Waals surface area contributed by atoms with Gasteiger partial charge in [-0.2, -0.15) is 0 Å². The van der Waals surface area contributed by atoms with Gasteiger partial charge in [-0.3, -0.25) is 4.90 Å². The van der Waals surface area contributed by atoms with Crippen LogP contribution in [0.1, 0.15) is 18.4 Å². The average molecular weight is 374 g/mol. The Morgan fingerprint density at radius 2 is 2.00 bits per heavy atom. The first-order chi connectivity index (χ1) is 9.65. The lowest BCUT2D eigenvalue weighted by molar-refractivity contribution is -0.274. The molecular formula is C13H13BrF5NO. The third-order valence-electron chi connectivity index (χ3n) is 3.12. The Hall–Kier alpha value is -0.890. The van der Waals surface area contributed by atoms with Gasteiger partial charge < -0.3 is 4.74 Å². The molecule has 0 unspecified atom stereocenters. The summed E-state index contributed by atoms with van der Waals surface area (Å²) in [6, 6.07) is 3.80. The van der Waals surface area contributed by atoms with E-state index in [1.807, 2.05) is 0 Å². The first kappa shape index (κ1) is 16.5. The van der Waals surface area contributed by atoms with Crippen molar-refractivity contribution in [3.63, 3.8) is 0 Å². The summed E-state index contributed by atoms with van der Waals surface area (Å²) < 4.78 is 67.1. The van der Waals surface area contributed by atoms with Crippen molar-refractivity contribution in [2.24, 2.45) is 0 Å². The minimum absolute atomic E-state index is 0.122. The van der Waals surface area contributed by atoms with Crippen molar-refractivity contribution < 1.29 is 26.7 Å². The van der Waals surface area contributed by atoms with Crippen LogP contribution in [0.5, 0.6) is 5.75 Å². The maximum atomic E-state index is 13.3. The average Bonchev–Trinajstić information content (AvgIpc) is 2.29. The van der Waals surface area contributed by atoms with Crippen LogP contribution in [0.2, 0.25) is 0 Å². The van der Waals surface area contributed by atoms with Crippen LogP contribution in [-0.4, -0.2) is 30.3 Å². The summed E-state index contributed by atoms with van der Waals surface area (Å²) in [6.07, 6.45) is -4.47. The van der Waals surface area contributed by atoms with Gasteiger partial charge in [0.25, 0.3) is 5.92 Å². The molecule has 0 saturated carbocycles. The number of hydrogen-bond acceptors (Lipinski definition) is 2. The molecule has 0 spiro atoms. The van der Waals surface area contributed by atoms with Gasteiger partial charge in [-0.1, -0.05) is 22.0 Å². The van der Waals surface area contributed by atoms with Gasteiger partial charge in [0, 0.05) is 17.4 Å². The molecule has 0 amide bonds. The summed E-state index contributed by atoms with van der Waals surface area (Å²) >= 11 is 3.15. The molecule has 0 radical (unpaired) electrons. The highest BCUT2D eigenvalue weighted by molar-refractivity contribution is 9.10. The van der Waals surface area contributed by atoms with E-state index in [4.69, 9.17) is 0 Å². The van der Waals surface area contributed by atoms with E-state index in [1.54, 1.807) is 4.90 Å². The summed E-state index contributed by atoms with van der Waals surface area (Å²) in [4.78, 5) is 1.59. The minimum Gasteiger partial charge on any atom is -0.406 e. The van der Waals surface area contributed by atoms with Gasteiger partial charge in [0.05, 0.1) is 6.54 Å². The van der Waals surface area contributed by atoms with Crippen LogP contribution in [0.3, 0.4) is 0 Å². The Morgan fingerprint density at radius 1 is 1.29 bits per heavy atom. The van der Waals surface area contributed by atoms with E-state index in [-0.39, 0.29) is 25.3 Å². The molecule has 1 aliphatic rings. The summed E-state index contributed by atoms with van der Waals surface area (Å²) in [6.45, 7) is 0.464. The standard InChI is InChI=1S/C13H13BrF5NO/c14-11-6-10(21-13(17,18)19)3-2-9(11)7-20-5-1-4-12(15,16)8-20/h2-3,6H,1,4-5,7-8H2. The smallest absolute Gasteiger partial charge is 0.406 e. The van der Waals surface area contributed by atoms with Gasteiger partial charge in [0.15, 0.2) is 0 Å². The van der Waals surface area contributed by atoms with Crippen LogP contribution < -0.4 is 4.74 Å². The molecule has 2 nitrogen and oxygen atoms in total. The zero-order valence-electron chi connectivity index (χ0n) is 10.9. The van der Waals surface area contributed by atoms with Crippen LogP contribution in [0.15, 0.2) is 22.7 Å². The van der Waals surface area contributed by atoms with Crippen molar-refractivity contribution in [2.45, 2.75) is 31.7 Å². The van der Waals surface area contributed by atoms with Crippen LogP contribution in [0, 0.1) is 0 Å². The fourth-order valence-corrected chi connectivity index (χ4v) is 2.76. The molecule has 1 aromatic rings. The van der Waals surface area contributed by atoms with Gasteiger partial charge in [-0.15, -0.1) is 13.2 Å². The molecule has 1 aromatic carbocycles. The molecule has 8 heteroatoms. The third kappa shape index (κ3) is 5.10. The molecule has 1 aliphatic heterocycles. The summed E-state index contributed by atoms with van der Waals surface area (Å²) in [5.74, 6) is -3.05. The van der Waals surface area contributed by atoms with E-state index < -0.39 is 12.3 Å². The molecule has 1 saturated heterocycles. The fraction of sp³-hybridized carbons (Fsp3) is 0.538. The van der Waals surface area contributed by atoms with Gasteiger partial charge >= 0.3 is 6.36 Å². The lowest BCUT2D eigenvalue weighted by Gasteiger charge is -2.32. The summed E-state index contributed by atoms with van der Waals surface area (Å²) in [7, 11) is 0. The van der Waals surface area contributed by atoms with Crippen molar-refractivity contribution in [1.82, 2.24) is 4.90 Å². The van der Waals surface area contributed by atoms with Crippen molar-refractivity contribution in [1.29, 1.82) is 0 Å². The SMILES string of the molecule is FC1(F)CCCN(Cc2ccc(OC(F)(F)F)cc2Br)C1. The van der Waals surface area contributed by atoms with E-state index in [9.17, 15) is 22.0 Å². The van der Waals surface area contributed by atoms with E-state index in [2.05, 4.69) is 20.7 Å². The number of alkyl halides is 5. The van der Waals surface area contributed by atoms with Crippen LogP contribution in [-0.2, 0) is 6.54 Å². The molecule has 0 bridgehead atoms. The van der Waals surface area contributed by atoms with E-state index >= 15 is 0 Å². The Bertz CT molecular complexity index is 506. The van der Waals surface area contributed by atoms with Gasteiger partial charge in [0.2, 0.25) is 0 Å². The quantitative estimate of drug-likeness (QED) is 0.719. The minimum atomic E-state index is -4.75. The Kier molecular flexibility index (Phi) is 4.77. The number of ether oxygens (including phenoxy) is 1. The Labute approximate surface area is 127 Å². The second-order valence-electron chi connectivity index (χ2n) is 4.97. The number of likely N-dealkylation sites (tertiary alicyclic amines) is 1. The van der Waals surface area contributed by atoms with Crippen LogP contribution in [0.4, 0.5) is 22.0 Å². The van der Waals surface area contributed by atoms with Crippen molar-refractivity contribution >= 4 is 15.9 Å². The van der Waals surface area contributed by atoms with Gasteiger partial charge in [-0.05, 0) is 30.7 Å². The number of halogens is 6. The van der Waals surface area contributed by atoms with E-state index in [0.717, 1.165) is 0 Å². The maximum Gasteiger partial charge on any atom is 0.573 e. The molecule has 0 aliphatic carbocycles. The van der Waals surface area contributed by atoms with Crippen molar-refractivity contribution in [3.05, 3.63) is 28.2 Å². The number of rotatable bonds is 3. The first-order valence-electron chi connectivity index (χ1n) is 6.29. The topological polar surface area (TPSA) is 12.5 Å². The summed E-state index contributed by atoms with van der Waals surface area (Å²) in [5, 5.41) is 0. The fourth-order valence-electron chi connectivity index (χ4n) is 2.28. The molecular weight excluding hydrogens is 361 g/mol. The first-order valence-corrected chi connectivity index (χ1v) is 7.08. The number of benzene rings is 1. The third-order valence-corrected chi connectivity index (χ3v) is 3.86. The molecule has 2 rings (SSSR count). The second-order valence-corrected chi connectivity index (χ2v) is 5.83. The number of piperidine rings is 1. The van der Waals surface area contributed by atoms with Crippen molar-refractivity contribution in [2.75, 3.05) is 13.1 Å². The monoisotopic (exact) mass is 373 g/mol. The Balaban J connectivity index is 2.04. The Morgan fingerprint density at radius 3 is 2.57 bits per heavy atom. The molecule has 0 N–H and O–H groups in total. The largest absolute Gasteiger partial charge is 0.573 e. The highest BCUT2D eigenvalue weighted by atomic mass is 79.9. The zero-order valence-corrected chi connectivity index (χ0v) is 12.5. The van der Waals surface area contributed by atoms with E-state index in [1.165, 1.54) is 18.2 Å². The number of nitrogens with zero attached hydrogens (tertiary/aromatic N) is 1. The summed E-state index contributed by atoms with van der Waals surface area (Å²) in [5.41, 5.74) is 0.641. The van der Waals surface area contributed by atoms with Gasteiger partial charge in [0.1, 0.15) is 5.75 Å². The lowest BCUT2D eigenvalue weighted by Crippen LogP contribution is -2.42. The molecule has 1 fully saturated rings. The second kappa shape index (κ2) is 6.08. The predicted molar refractivity (Wildman–Crippen MR) is 70.3 cm³/mol. The lowest BCUT2D eigenvalue weighted by atomic mass is 10.1. The van der Waals surface area contributed by atoms with Crippen LogP contribution in [0.25, 0.3) is 0 Å². The molecule has 1 heterocycles. The zero-order chi connectivity index (χ0) is 15.7. The molecule has 0 atom stereocenters. The highest BCUT2D eigenvalue weighted by Crippen LogP contribution is 2.31. The highest BCUT2D eigenvalue weighted by Gasteiger charge is 2.35. The molecule has 21 heavy (non-hydrogen) atoms.